The molecule has 0 aliphatic carbocycles. The van der Waals surface area contributed by atoms with Crippen LogP contribution in [0.2, 0.25) is 5.15 Å². The van der Waals surface area contributed by atoms with Crippen molar-refractivity contribution in [2.45, 2.75) is 6.43 Å². The van der Waals surface area contributed by atoms with Crippen LogP contribution in [0.5, 0.6) is 0 Å². The van der Waals surface area contributed by atoms with E-state index >= 15 is 0 Å². The van der Waals surface area contributed by atoms with E-state index in [9.17, 15) is 8.78 Å². The fourth-order valence-electron chi connectivity index (χ4n) is 0.738. The van der Waals surface area contributed by atoms with Gasteiger partial charge in [-0.3, -0.25) is 0 Å². The summed E-state index contributed by atoms with van der Waals surface area (Å²) in [5.74, 6) is 0. The van der Waals surface area contributed by atoms with E-state index < -0.39 is 13.0 Å². The van der Waals surface area contributed by atoms with Gasteiger partial charge in [-0.1, -0.05) is 11.6 Å². The normalized spacial score (nSPS) is 10.9. The van der Waals surface area contributed by atoms with Crippen LogP contribution in [-0.2, 0) is 4.74 Å². The zero-order chi connectivity index (χ0) is 10.4. The van der Waals surface area contributed by atoms with Gasteiger partial charge in [-0.05, 0) is 0 Å². The van der Waals surface area contributed by atoms with Crippen molar-refractivity contribution in [3.63, 3.8) is 0 Å². The van der Waals surface area contributed by atoms with Gasteiger partial charge in [-0.15, -0.1) is 11.3 Å². The predicted octanol–water partition coefficient (Wildman–Crippen LogP) is 2.49. The summed E-state index contributed by atoms with van der Waals surface area (Å²) in [7, 11) is 0. The lowest BCUT2D eigenvalue weighted by atomic mass is 10.6. The number of thiazole rings is 1. The Bertz CT molecular complexity index is 272. The van der Waals surface area contributed by atoms with Gasteiger partial charge in [0.25, 0.3) is 6.43 Å². The number of nitrogens with zero attached hydrogens (tertiary/aromatic N) is 1. The highest BCUT2D eigenvalue weighted by Gasteiger charge is 2.01. The molecule has 80 valence electrons. The molecule has 0 radical (unpaired) electrons. The van der Waals surface area contributed by atoms with Crippen molar-refractivity contribution in [1.82, 2.24) is 4.98 Å². The summed E-state index contributed by atoms with van der Waals surface area (Å²) < 4.78 is 27.9. The minimum Gasteiger partial charge on any atom is -0.374 e. The Hall–Kier alpha value is -0.460. The molecule has 1 heterocycles. The molecule has 3 nitrogen and oxygen atoms in total. The third-order valence-electron chi connectivity index (χ3n) is 1.24. The van der Waals surface area contributed by atoms with Crippen molar-refractivity contribution in [1.29, 1.82) is 0 Å². The summed E-state index contributed by atoms with van der Waals surface area (Å²) >= 11 is 6.93. The molecule has 0 unspecified atom stereocenters. The van der Waals surface area contributed by atoms with E-state index in [1.54, 1.807) is 5.38 Å². The third kappa shape index (κ3) is 4.69. The van der Waals surface area contributed by atoms with Crippen molar-refractivity contribution in [2.75, 3.05) is 25.1 Å². The number of halogens is 3. The number of hydrogen-bond donors (Lipinski definition) is 1. The standard InChI is InChI=1S/C7H9ClF2N2OS/c8-5-4-14-7(12-5)11-1-2-13-3-6(9)10/h4,6H,1-3H2,(H,11,12). The quantitative estimate of drug-likeness (QED) is 0.779. The molecule has 14 heavy (non-hydrogen) atoms. The Morgan fingerprint density at radius 2 is 2.43 bits per heavy atom. The van der Waals surface area contributed by atoms with Gasteiger partial charge in [-0.2, -0.15) is 0 Å². The van der Waals surface area contributed by atoms with Crippen LogP contribution in [0.25, 0.3) is 0 Å². The van der Waals surface area contributed by atoms with Gasteiger partial charge >= 0.3 is 0 Å². The Morgan fingerprint density at radius 1 is 1.64 bits per heavy atom. The van der Waals surface area contributed by atoms with Gasteiger partial charge in [0.15, 0.2) is 5.13 Å². The first-order chi connectivity index (χ1) is 6.68. The van der Waals surface area contributed by atoms with E-state index in [-0.39, 0.29) is 6.61 Å². The second kappa shape index (κ2) is 6.10. The number of ether oxygens (including phenoxy) is 1. The van der Waals surface area contributed by atoms with Gasteiger partial charge in [0.1, 0.15) is 11.8 Å². The molecule has 1 aromatic rings. The molecule has 0 aliphatic heterocycles. The maximum atomic E-state index is 11.6. The molecule has 0 atom stereocenters. The Kier molecular flexibility index (Phi) is 5.06. The van der Waals surface area contributed by atoms with Gasteiger partial charge in [0.2, 0.25) is 0 Å². The van der Waals surface area contributed by atoms with Crippen LogP contribution in [0.1, 0.15) is 0 Å². The molecule has 1 aromatic heterocycles. The summed E-state index contributed by atoms with van der Waals surface area (Å²) in [6.45, 7) is 0.137. The third-order valence-corrected chi connectivity index (χ3v) is 2.37. The second-order valence-corrected chi connectivity index (χ2v) is 3.61. The first kappa shape index (κ1) is 11.6. The molecule has 1 rings (SSSR count). The monoisotopic (exact) mass is 242 g/mol. The average molecular weight is 243 g/mol. The molecule has 7 heteroatoms. The van der Waals surface area contributed by atoms with Crippen LogP contribution < -0.4 is 5.32 Å². The number of nitrogens with one attached hydrogen (secondary N) is 1. The number of hydrogen-bond acceptors (Lipinski definition) is 4. The zero-order valence-electron chi connectivity index (χ0n) is 7.17. The van der Waals surface area contributed by atoms with E-state index in [4.69, 9.17) is 11.6 Å². The molecular weight excluding hydrogens is 234 g/mol. The molecule has 0 spiro atoms. The van der Waals surface area contributed by atoms with Crippen molar-refractivity contribution in [3.05, 3.63) is 10.5 Å². The SMILES string of the molecule is FC(F)COCCNc1nc(Cl)cs1. The highest BCUT2D eigenvalue weighted by molar-refractivity contribution is 7.14. The largest absolute Gasteiger partial charge is 0.374 e. The maximum Gasteiger partial charge on any atom is 0.261 e. The van der Waals surface area contributed by atoms with E-state index in [1.807, 2.05) is 0 Å². The first-order valence-electron chi connectivity index (χ1n) is 3.89. The van der Waals surface area contributed by atoms with Crippen molar-refractivity contribution in [3.8, 4) is 0 Å². The molecule has 0 saturated heterocycles. The molecule has 0 fully saturated rings. The molecule has 0 amide bonds. The fraction of sp³-hybridized carbons (Fsp3) is 0.571. The predicted molar refractivity (Wildman–Crippen MR) is 52.4 cm³/mol. The molecule has 0 aromatic carbocycles. The van der Waals surface area contributed by atoms with Crippen LogP contribution >= 0.6 is 22.9 Å². The first-order valence-corrected chi connectivity index (χ1v) is 5.15. The fourth-order valence-corrected chi connectivity index (χ4v) is 1.60. The zero-order valence-corrected chi connectivity index (χ0v) is 8.75. The topological polar surface area (TPSA) is 34.1 Å². The Morgan fingerprint density at radius 3 is 3.00 bits per heavy atom. The summed E-state index contributed by atoms with van der Waals surface area (Å²) in [6.07, 6.45) is -2.41. The van der Waals surface area contributed by atoms with Gasteiger partial charge in [0, 0.05) is 11.9 Å². The maximum absolute atomic E-state index is 11.6. The Labute approximate surface area is 89.0 Å². The smallest absolute Gasteiger partial charge is 0.261 e. The lowest BCUT2D eigenvalue weighted by Crippen LogP contribution is -2.12. The molecular formula is C7H9ClF2N2OS. The van der Waals surface area contributed by atoms with E-state index in [1.165, 1.54) is 11.3 Å². The highest BCUT2D eigenvalue weighted by atomic mass is 35.5. The van der Waals surface area contributed by atoms with E-state index in [0.717, 1.165) is 0 Å². The second-order valence-electron chi connectivity index (χ2n) is 2.37. The summed E-state index contributed by atoms with van der Waals surface area (Å²) in [5, 5.41) is 5.66. The van der Waals surface area contributed by atoms with Gasteiger partial charge in [0.05, 0.1) is 6.61 Å². The molecule has 0 saturated carbocycles. The number of aromatic nitrogens is 1. The van der Waals surface area contributed by atoms with Crippen LogP contribution in [0.3, 0.4) is 0 Å². The summed E-state index contributed by atoms with van der Waals surface area (Å²) in [5.41, 5.74) is 0. The summed E-state index contributed by atoms with van der Waals surface area (Å²) in [4.78, 5) is 3.91. The molecule has 0 aliphatic rings. The van der Waals surface area contributed by atoms with E-state index in [2.05, 4.69) is 15.0 Å². The van der Waals surface area contributed by atoms with Gasteiger partial charge in [-0.25, -0.2) is 13.8 Å². The minimum absolute atomic E-state index is 0.224. The summed E-state index contributed by atoms with van der Waals surface area (Å²) in [6, 6.07) is 0. The van der Waals surface area contributed by atoms with Crippen molar-refractivity contribution < 1.29 is 13.5 Å². The van der Waals surface area contributed by atoms with Crippen LogP contribution in [0.4, 0.5) is 13.9 Å². The van der Waals surface area contributed by atoms with Crippen LogP contribution in [0.15, 0.2) is 5.38 Å². The number of rotatable bonds is 6. The molecule has 1 N–H and O–H groups in total. The van der Waals surface area contributed by atoms with Gasteiger partial charge < -0.3 is 10.1 Å². The Balaban J connectivity index is 2.04. The van der Waals surface area contributed by atoms with Crippen molar-refractivity contribution >= 4 is 28.1 Å². The lowest BCUT2D eigenvalue weighted by Gasteiger charge is -2.03. The molecule has 0 bridgehead atoms. The van der Waals surface area contributed by atoms with Crippen LogP contribution in [0, 0.1) is 0 Å². The minimum atomic E-state index is -2.41. The average Bonchev–Trinajstić information content (AvgIpc) is 2.50. The lowest BCUT2D eigenvalue weighted by molar-refractivity contribution is 0.0215. The highest BCUT2D eigenvalue weighted by Crippen LogP contribution is 2.18. The van der Waals surface area contributed by atoms with Crippen LogP contribution in [-0.4, -0.2) is 31.2 Å². The number of alkyl halides is 2. The number of anilines is 1. The van der Waals surface area contributed by atoms with Crippen molar-refractivity contribution in [2.24, 2.45) is 0 Å². The van der Waals surface area contributed by atoms with E-state index in [0.29, 0.717) is 16.8 Å².